The second-order valence-corrected chi connectivity index (χ2v) is 5.27. The summed E-state index contributed by atoms with van der Waals surface area (Å²) in [7, 11) is 0. The van der Waals surface area contributed by atoms with Crippen molar-refractivity contribution in [2.24, 2.45) is 0 Å². The fourth-order valence-corrected chi connectivity index (χ4v) is 2.28. The highest BCUT2D eigenvalue weighted by Crippen LogP contribution is 2.10. The van der Waals surface area contributed by atoms with E-state index in [1.807, 2.05) is 19.1 Å². The summed E-state index contributed by atoms with van der Waals surface area (Å²) >= 11 is 0. The van der Waals surface area contributed by atoms with Gasteiger partial charge in [-0.3, -0.25) is 4.98 Å². The van der Waals surface area contributed by atoms with Crippen LogP contribution >= 0.6 is 0 Å². The van der Waals surface area contributed by atoms with Gasteiger partial charge in [-0.1, -0.05) is 6.07 Å². The van der Waals surface area contributed by atoms with E-state index in [2.05, 4.69) is 10.3 Å². The van der Waals surface area contributed by atoms with Crippen LogP contribution in [0.5, 0.6) is 0 Å². The molecule has 0 radical (unpaired) electrons. The maximum Gasteiger partial charge on any atom is 0.159 e. The van der Waals surface area contributed by atoms with Crippen LogP contribution in [0.25, 0.3) is 0 Å². The first kappa shape index (κ1) is 15.6. The fourth-order valence-electron chi connectivity index (χ4n) is 2.28. The Morgan fingerprint density at radius 1 is 1.05 bits per heavy atom. The van der Waals surface area contributed by atoms with E-state index in [0.29, 0.717) is 6.42 Å². The van der Waals surface area contributed by atoms with Gasteiger partial charge in [-0.25, -0.2) is 8.78 Å². The van der Waals surface area contributed by atoms with Crippen molar-refractivity contribution in [2.75, 3.05) is 6.54 Å². The highest BCUT2D eigenvalue weighted by atomic mass is 19.2. The molecule has 0 saturated carbocycles. The monoisotopic (exact) mass is 290 g/mol. The Hall–Kier alpha value is -1.81. The van der Waals surface area contributed by atoms with E-state index in [0.717, 1.165) is 24.9 Å². The van der Waals surface area contributed by atoms with Gasteiger partial charge >= 0.3 is 0 Å². The number of halogens is 2. The molecule has 2 rings (SSSR count). The number of aryl methyl sites for hydroxylation is 1. The minimum absolute atomic E-state index is 0.229. The molecule has 1 N–H and O–H groups in total. The molecule has 0 aliphatic rings. The highest BCUT2D eigenvalue weighted by Gasteiger charge is 2.06. The number of rotatable bonds is 7. The first-order valence-electron chi connectivity index (χ1n) is 7.21. The zero-order valence-corrected chi connectivity index (χ0v) is 12.2. The Morgan fingerprint density at radius 2 is 1.81 bits per heavy atom. The zero-order valence-electron chi connectivity index (χ0n) is 12.2. The minimum Gasteiger partial charge on any atom is -0.314 e. The largest absolute Gasteiger partial charge is 0.314 e. The molecule has 1 aromatic carbocycles. The van der Waals surface area contributed by atoms with Gasteiger partial charge in [-0.2, -0.15) is 0 Å². The van der Waals surface area contributed by atoms with Crippen LogP contribution in [0.1, 0.15) is 24.5 Å². The molecule has 2 nitrogen and oxygen atoms in total. The molecule has 2 aromatic rings. The lowest BCUT2D eigenvalue weighted by Gasteiger charge is -2.14. The zero-order chi connectivity index (χ0) is 15.1. The van der Waals surface area contributed by atoms with Gasteiger partial charge in [-0.05, 0) is 68.1 Å². The van der Waals surface area contributed by atoms with E-state index in [1.165, 1.54) is 17.7 Å². The number of pyridine rings is 1. The average molecular weight is 290 g/mol. The smallest absolute Gasteiger partial charge is 0.159 e. The molecule has 0 saturated heterocycles. The van der Waals surface area contributed by atoms with E-state index in [9.17, 15) is 8.78 Å². The van der Waals surface area contributed by atoms with E-state index in [-0.39, 0.29) is 6.04 Å². The lowest BCUT2D eigenvalue weighted by molar-refractivity contribution is 0.501. The van der Waals surface area contributed by atoms with E-state index in [1.54, 1.807) is 18.5 Å². The van der Waals surface area contributed by atoms with Crippen LogP contribution in [0.15, 0.2) is 42.7 Å². The molecule has 0 aliphatic heterocycles. The summed E-state index contributed by atoms with van der Waals surface area (Å²) in [5, 5.41) is 3.40. The number of benzene rings is 1. The Kier molecular flexibility index (Phi) is 5.81. The molecular formula is C17H20F2N2. The molecule has 1 unspecified atom stereocenters. The molecule has 1 aromatic heterocycles. The molecule has 0 spiro atoms. The summed E-state index contributed by atoms with van der Waals surface area (Å²) in [6, 6.07) is 8.35. The van der Waals surface area contributed by atoms with Crippen LogP contribution in [0, 0.1) is 11.6 Å². The van der Waals surface area contributed by atoms with Gasteiger partial charge in [0.1, 0.15) is 0 Å². The predicted molar refractivity (Wildman–Crippen MR) is 80.1 cm³/mol. The van der Waals surface area contributed by atoms with Crippen LogP contribution in [-0.2, 0) is 12.8 Å². The topological polar surface area (TPSA) is 24.9 Å². The summed E-state index contributed by atoms with van der Waals surface area (Å²) in [6.07, 6.45) is 6.33. The first-order chi connectivity index (χ1) is 10.1. The van der Waals surface area contributed by atoms with Crippen molar-refractivity contribution in [1.82, 2.24) is 10.3 Å². The lowest BCUT2D eigenvalue weighted by atomic mass is 10.1. The third kappa shape index (κ3) is 5.23. The summed E-state index contributed by atoms with van der Waals surface area (Å²) in [5.74, 6) is -1.57. The lowest BCUT2D eigenvalue weighted by Crippen LogP contribution is -2.29. The van der Waals surface area contributed by atoms with Gasteiger partial charge in [0.2, 0.25) is 0 Å². The number of hydrogen-bond donors (Lipinski definition) is 1. The Morgan fingerprint density at radius 3 is 2.52 bits per heavy atom. The van der Waals surface area contributed by atoms with Crippen molar-refractivity contribution in [1.29, 1.82) is 0 Å². The van der Waals surface area contributed by atoms with E-state index < -0.39 is 11.6 Å². The van der Waals surface area contributed by atoms with Crippen molar-refractivity contribution < 1.29 is 8.78 Å². The number of nitrogens with one attached hydrogen (secondary N) is 1. The highest BCUT2D eigenvalue weighted by molar-refractivity contribution is 5.18. The number of hydrogen-bond acceptors (Lipinski definition) is 2. The molecule has 0 bridgehead atoms. The average Bonchev–Trinajstić information content (AvgIpc) is 2.49. The van der Waals surface area contributed by atoms with Crippen molar-refractivity contribution in [3.63, 3.8) is 0 Å². The molecule has 0 fully saturated rings. The molecule has 4 heteroatoms. The van der Waals surface area contributed by atoms with Crippen molar-refractivity contribution in [3.8, 4) is 0 Å². The molecule has 1 heterocycles. The Labute approximate surface area is 124 Å². The van der Waals surface area contributed by atoms with Gasteiger partial charge in [0.25, 0.3) is 0 Å². The Bertz CT molecular complexity index is 558. The van der Waals surface area contributed by atoms with Crippen LogP contribution in [0.2, 0.25) is 0 Å². The second-order valence-electron chi connectivity index (χ2n) is 5.27. The van der Waals surface area contributed by atoms with Gasteiger partial charge in [0, 0.05) is 18.4 Å². The van der Waals surface area contributed by atoms with Crippen LogP contribution in [0.4, 0.5) is 8.78 Å². The quantitative estimate of drug-likeness (QED) is 0.789. The molecule has 21 heavy (non-hydrogen) atoms. The third-order valence-corrected chi connectivity index (χ3v) is 3.41. The normalized spacial score (nSPS) is 12.3. The maximum atomic E-state index is 13.1. The molecule has 0 aliphatic carbocycles. The van der Waals surface area contributed by atoms with Crippen molar-refractivity contribution in [3.05, 3.63) is 65.5 Å². The summed E-state index contributed by atoms with van der Waals surface area (Å²) in [5.41, 5.74) is 2.09. The van der Waals surface area contributed by atoms with Gasteiger partial charge in [0.05, 0.1) is 0 Å². The van der Waals surface area contributed by atoms with Crippen LogP contribution in [-0.4, -0.2) is 17.6 Å². The second kappa shape index (κ2) is 7.84. The minimum atomic E-state index is -0.795. The van der Waals surface area contributed by atoms with E-state index >= 15 is 0 Å². The van der Waals surface area contributed by atoms with E-state index in [4.69, 9.17) is 0 Å². The van der Waals surface area contributed by atoms with Gasteiger partial charge in [-0.15, -0.1) is 0 Å². The summed E-state index contributed by atoms with van der Waals surface area (Å²) in [4.78, 5) is 3.99. The fraction of sp³-hybridized carbons (Fsp3) is 0.353. The molecule has 1 atom stereocenters. The van der Waals surface area contributed by atoms with Crippen molar-refractivity contribution in [2.45, 2.75) is 32.2 Å². The first-order valence-corrected chi connectivity index (χ1v) is 7.21. The standard InChI is InChI=1S/C17H20F2N2/c1-13(11-15-4-5-16(18)17(19)12-15)21-8-2-3-14-6-9-20-10-7-14/h4-7,9-10,12-13,21H,2-3,8,11H2,1H3. The van der Waals surface area contributed by atoms with Crippen LogP contribution < -0.4 is 5.32 Å². The molecule has 112 valence electrons. The molecular weight excluding hydrogens is 270 g/mol. The predicted octanol–water partition coefficient (Wildman–Crippen LogP) is 3.51. The number of nitrogens with zero attached hydrogens (tertiary/aromatic N) is 1. The molecule has 0 amide bonds. The van der Waals surface area contributed by atoms with Crippen LogP contribution in [0.3, 0.4) is 0 Å². The third-order valence-electron chi connectivity index (χ3n) is 3.41. The Balaban J connectivity index is 1.70. The van der Waals surface area contributed by atoms with Gasteiger partial charge < -0.3 is 5.32 Å². The summed E-state index contributed by atoms with van der Waals surface area (Å²) in [6.45, 7) is 2.95. The maximum absolute atomic E-state index is 13.1. The SMILES string of the molecule is CC(Cc1ccc(F)c(F)c1)NCCCc1ccncc1. The van der Waals surface area contributed by atoms with Crippen molar-refractivity contribution >= 4 is 0 Å². The summed E-state index contributed by atoms with van der Waals surface area (Å²) < 4.78 is 26.0. The van der Waals surface area contributed by atoms with Gasteiger partial charge in [0.15, 0.2) is 11.6 Å². The number of aromatic nitrogens is 1.